The number of amides is 2. The van der Waals surface area contributed by atoms with Gasteiger partial charge in [0.05, 0.1) is 13.5 Å². The number of benzene rings is 2. The van der Waals surface area contributed by atoms with Gasteiger partial charge >= 0.3 is 0 Å². The molecule has 3 aromatic rings. The Kier molecular flexibility index (Phi) is 6.65. The summed E-state index contributed by atoms with van der Waals surface area (Å²) in [6.07, 6.45) is 5.16. The Morgan fingerprint density at radius 3 is 2.62 bits per heavy atom. The molecule has 1 aromatic heterocycles. The van der Waals surface area contributed by atoms with E-state index in [2.05, 4.69) is 10.3 Å². The predicted octanol–water partition coefficient (Wildman–Crippen LogP) is 3.98. The molecule has 2 heterocycles. The standard InChI is InChI=1S/C25H25N3O4/c1-31-22-11-8-20(15-23(22)32-17-19-4-2-12-26-16-19)27-24(29)14-18-6-9-21(10-7-18)28-13-3-5-25(28)30/h2,4,6-12,15-16H,3,5,13-14,17H2,1H3,(H,27,29). The van der Waals surface area contributed by atoms with E-state index in [1.807, 2.05) is 36.4 Å². The van der Waals surface area contributed by atoms with Gasteiger partial charge in [0.25, 0.3) is 0 Å². The van der Waals surface area contributed by atoms with Gasteiger partial charge in [-0.2, -0.15) is 0 Å². The first kappa shape index (κ1) is 21.4. The lowest BCUT2D eigenvalue weighted by Gasteiger charge is -2.16. The quantitative estimate of drug-likeness (QED) is 0.584. The van der Waals surface area contributed by atoms with Crippen LogP contribution in [0.2, 0.25) is 0 Å². The average molecular weight is 431 g/mol. The molecule has 32 heavy (non-hydrogen) atoms. The summed E-state index contributed by atoms with van der Waals surface area (Å²) < 4.78 is 11.2. The van der Waals surface area contributed by atoms with Crippen molar-refractivity contribution in [2.24, 2.45) is 0 Å². The highest BCUT2D eigenvalue weighted by Gasteiger charge is 2.21. The molecule has 1 aliphatic heterocycles. The van der Waals surface area contributed by atoms with Crippen molar-refractivity contribution in [3.8, 4) is 11.5 Å². The maximum absolute atomic E-state index is 12.6. The van der Waals surface area contributed by atoms with Gasteiger partial charge in [0.1, 0.15) is 6.61 Å². The minimum atomic E-state index is -0.140. The fourth-order valence-corrected chi connectivity index (χ4v) is 3.62. The molecule has 1 N–H and O–H groups in total. The van der Waals surface area contributed by atoms with Gasteiger partial charge < -0.3 is 19.7 Å². The molecule has 4 rings (SSSR count). The summed E-state index contributed by atoms with van der Waals surface area (Å²) in [6, 6.07) is 16.6. The van der Waals surface area contributed by atoms with Gasteiger partial charge in [0.15, 0.2) is 11.5 Å². The molecule has 2 amide bonds. The zero-order valence-electron chi connectivity index (χ0n) is 17.9. The van der Waals surface area contributed by atoms with Crippen LogP contribution < -0.4 is 19.7 Å². The first-order valence-electron chi connectivity index (χ1n) is 10.5. The van der Waals surface area contributed by atoms with Crippen molar-refractivity contribution in [1.82, 2.24) is 4.98 Å². The van der Waals surface area contributed by atoms with Gasteiger partial charge in [-0.15, -0.1) is 0 Å². The second kappa shape index (κ2) is 9.96. The molecule has 0 bridgehead atoms. The van der Waals surface area contributed by atoms with Crippen molar-refractivity contribution in [1.29, 1.82) is 0 Å². The molecule has 0 spiro atoms. The molecule has 1 aliphatic rings. The Morgan fingerprint density at radius 2 is 1.94 bits per heavy atom. The lowest BCUT2D eigenvalue weighted by atomic mass is 10.1. The largest absolute Gasteiger partial charge is 0.493 e. The molecule has 0 aliphatic carbocycles. The van der Waals surface area contributed by atoms with Crippen LogP contribution in [-0.4, -0.2) is 30.5 Å². The van der Waals surface area contributed by atoms with E-state index in [1.165, 1.54) is 0 Å². The molecule has 164 valence electrons. The molecule has 0 radical (unpaired) electrons. The molecule has 1 fully saturated rings. The molecule has 0 saturated carbocycles. The molecular weight excluding hydrogens is 406 g/mol. The number of aromatic nitrogens is 1. The number of nitrogens with one attached hydrogen (secondary N) is 1. The van der Waals surface area contributed by atoms with Gasteiger partial charge in [0.2, 0.25) is 11.8 Å². The van der Waals surface area contributed by atoms with E-state index >= 15 is 0 Å². The van der Waals surface area contributed by atoms with E-state index in [-0.39, 0.29) is 18.2 Å². The number of hydrogen-bond donors (Lipinski definition) is 1. The van der Waals surface area contributed by atoms with Gasteiger partial charge in [0, 0.05) is 48.4 Å². The summed E-state index contributed by atoms with van der Waals surface area (Å²) in [4.78, 5) is 30.3. The van der Waals surface area contributed by atoms with Crippen molar-refractivity contribution in [3.63, 3.8) is 0 Å². The Hall–Kier alpha value is -3.87. The highest BCUT2D eigenvalue weighted by Crippen LogP contribution is 2.31. The summed E-state index contributed by atoms with van der Waals surface area (Å²) in [5.41, 5.74) is 3.31. The highest BCUT2D eigenvalue weighted by molar-refractivity contribution is 5.95. The zero-order chi connectivity index (χ0) is 22.3. The summed E-state index contributed by atoms with van der Waals surface area (Å²) in [5, 5.41) is 2.91. The monoisotopic (exact) mass is 431 g/mol. The molecule has 1 saturated heterocycles. The Morgan fingerprint density at radius 1 is 1.09 bits per heavy atom. The van der Waals surface area contributed by atoms with Crippen molar-refractivity contribution < 1.29 is 19.1 Å². The lowest BCUT2D eigenvalue weighted by Crippen LogP contribution is -2.23. The maximum atomic E-state index is 12.6. The number of pyridine rings is 1. The second-order valence-corrected chi connectivity index (χ2v) is 7.56. The van der Waals surface area contributed by atoms with E-state index in [4.69, 9.17) is 9.47 Å². The smallest absolute Gasteiger partial charge is 0.228 e. The molecule has 2 aromatic carbocycles. The first-order chi connectivity index (χ1) is 15.6. The summed E-state index contributed by atoms with van der Waals surface area (Å²) in [6.45, 7) is 1.09. The second-order valence-electron chi connectivity index (χ2n) is 7.56. The van der Waals surface area contributed by atoms with Crippen LogP contribution in [0.25, 0.3) is 0 Å². The average Bonchev–Trinajstić information content (AvgIpc) is 3.25. The number of hydrogen-bond acceptors (Lipinski definition) is 5. The lowest BCUT2D eigenvalue weighted by molar-refractivity contribution is -0.117. The molecule has 7 nitrogen and oxygen atoms in total. The number of anilines is 2. The van der Waals surface area contributed by atoms with Crippen molar-refractivity contribution in [3.05, 3.63) is 78.1 Å². The molecule has 7 heteroatoms. The Balaban J connectivity index is 1.37. The van der Waals surface area contributed by atoms with Gasteiger partial charge in [-0.1, -0.05) is 18.2 Å². The van der Waals surface area contributed by atoms with Crippen LogP contribution >= 0.6 is 0 Å². The molecular formula is C25H25N3O4. The number of ether oxygens (including phenoxy) is 2. The van der Waals surface area contributed by atoms with E-state index in [0.717, 1.165) is 29.8 Å². The van der Waals surface area contributed by atoms with Crippen molar-refractivity contribution >= 4 is 23.2 Å². The fourth-order valence-electron chi connectivity index (χ4n) is 3.62. The molecule has 0 unspecified atom stereocenters. The third kappa shape index (κ3) is 5.24. The van der Waals surface area contributed by atoms with Crippen LogP contribution in [0.4, 0.5) is 11.4 Å². The normalized spacial score (nSPS) is 13.2. The number of rotatable bonds is 8. The number of carbonyl (C=O) groups is 2. The Labute approximate surface area is 187 Å². The third-order valence-electron chi connectivity index (χ3n) is 5.25. The molecule has 0 atom stereocenters. The fraction of sp³-hybridized carbons (Fsp3) is 0.240. The highest BCUT2D eigenvalue weighted by atomic mass is 16.5. The minimum absolute atomic E-state index is 0.140. The first-order valence-corrected chi connectivity index (χ1v) is 10.5. The van der Waals surface area contributed by atoms with E-state index in [0.29, 0.717) is 30.2 Å². The predicted molar refractivity (Wildman–Crippen MR) is 122 cm³/mol. The van der Waals surface area contributed by atoms with Crippen molar-refractivity contribution in [2.45, 2.75) is 25.9 Å². The maximum Gasteiger partial charge on any atom is 0.228 e. The van der Waals surface area contributed by atoms with E-state index in [9.17, 15) is 9.59 Å². The van der Waals surface area contributed by atoms with Crippen LogP contribution in [0.1, 0.15) is 24.0 Å². The van der Waals surface area contributed by atoms with E-state index in [1.54, 1.807) is 42.6 Å². The van der Waals surface area contributed by atoms with E-state index < -0.39 is 0 Å². The minimum Gasteiger partial charge on any atom is -0.493 e. The van der Waals surface area contributed by atoms with Crippen LogP contribution in [0.15, 0.2) is 67.0 Å². The number of nitrogens with zero attached hydrogens (tertiary/aromatic N) is 2. The Bertz CT molecular complexity index is 1080. The van der Waals surface area contributed by atoms with Gasteiger partial charge in [-0.25, -0.2) is 0 Å². The zero-order valence-corrected chi connectivity index (χ0v) is 17.9. The third-order valence-corrected chi connectivity index (χ3v) is 5.25. The van der Waals surface area contributed by atoms with Crippen LogP contribution in [0, 0.1) is 0 Å². The topological polar surface area (TPSA) is 80.8 Å². The number of methoxy groups -OCH3 is 1. The SMILES string of the molecule is COc1ccc(NC(=O)Cc2ccc(N3CCCC3=O)cc2)cc1OCc1cccnc1. The van der Waals surface area contributed by atoms with Crippen LogP contribution in [-0.2, 0) is 22.6 Å². The summed E-state index contributed by atoms with van der Waals surface area (Å²) in [5.74, 6) is 1.13. The summed E-state index contributed by atoms with van der Waals surface area (Å²) >= 11 is 0. The summed E-state index contributed by atoms with van der Waals surface area (Å²) in [7, 11) is 1.57. The number of carbonyl (C=O) groups excluding carboxylic acids is 2. The van der Waals surface area contributed by atoms with Crippen LogP contribution in [0.3, 0.4) is 0 Å². The van der Waals surface area contributed by atoms with Crippen molar-refractivity contribution in [2.75, 3.05) is 23.9 Å². The van der Waals surface area contributed by atoms with Crippen LogP contribution in [0.5, 0.6) is 11.5 Å². The van der Waals surface area contributed by atoms with Gasteiger partial charge in [-0.05, 0) is 42.3 Å². The van der Waals surface area contributed by atoms with Gasteiger partial charge in [-0.3, -0.25) is 14.6 Å².